The predicted molar refractivity (Wildman–Crippen MR) is 68.9 cm³/mol. The SMILES string of the molecule is Cc1ncsc1CN(C)C(=O)[C@H]1CCCNC1. The Kier molecular flexibility index (Phi) is 4.12. The van der Waals surface area contributed by atoms with Crippen LogP contribution in [0.5, 0.6) is 0 Å². The first kappa shape index (κ1) is 12.5. The monoisotopic (exact) mass is 253 g/mol. The molecular weight excluding hydrogens is 234 g/mol. The molecule has 0 bridgehead atoms. The van der Waals surface area contributed by atoms with Crippen molar-refractivity contribution in [2.45, 2.75) is 26.3 Å². The second kappa shape index (κ2) is 5.60. The molecule has 0 spiro atoms. The maximum Gasteiger partial charge on any atom is 0.227 e. The van der Waals surface area contributed by atoms with Crippen LogP contribution in [0.15, 0.2) is 5.51 Å². The van der Waals surface area contributed by atoms with Crippen molar-refractivity contribution >= 4 is 17.2 Å². The van der Waals surface area contributed by atoms with Gasteiger partial charge in [0.25, 0.3) is 0 Å². The van der Waals surface area contributed by atoms with Gasteiger partial charge >= 0.3 is 0 Å². The number of rotatable bonds is 3. The van der Waals surface area contributed by atoms with E-state index in [2.05, 4.69) is 10.3 Å². The van der Waals surface area contributed by atoms with E-state index in [0.29, 0.717) is 6.54 Å². The molecule has 0 unspecified atom stereocenters. The molecule has 1 aromatic heterocycles. The summed E-state index contributed by atoms with van der Waals surface area (Å²) in [5.41, 5.74) is 2.88. The van der Waals surface area contributed by atoms with Crippen molar-refractivity contribution in [2.75, 3.05) is 20.1 Å². The lowest BCUT2D eigenvalue weighted by molar-refractivity contribution is -0.135. The van der Waals surface area contributed by atoms with Crippen molar-refractivity contribution in [1.82, 2.24) is 15.2 Å². The minimum Gasteiger partial charge on any atom is -0.340 e. The third-order valence-corrected chi connectivity index (χ3v) is 4.17. The average molecular weight is 253 g/mol. The van der Waals surface area contributed by atoms with E-state index in [9.17, 15) is 4.79 Å². The second-order valence-electron chi connectivity index (χ2n) is 4.60. The lowest BCUT2D eigenvalue weighted by Gasteiger charge is -2.26. The van der Waals surface area contributed by atoms with E-state index in [4.69, 9.17) is 0 Å². The topological polar surface area (TPSA) is 45.2 Å². The molecule has 5 heteroatoms. The summed E-state index contributed by atoms with van der Waals surface area (Å²) in [7, 11) is 1.89. The minimum atomic E-state index is 0.155. The van der Waals surface area contributed by atoms with E-state index in [1.165, 1.54) is 4.88 Å². The summed E-state index contributed by atoms with van der Waals surface area (Å²) in [5, 5.41) is 3.28. The molecule has 1 saturated heterocycles. The Labute approximate surface area is 106 Å². The van der Waals surface area contributed by atoms with Crippen LogP contribution in [-0.4, -0.2) is 35.9 Å². The smallest absolute Gasteiger partial charge is 0.227 e. The first-order valence-corrected chi connectivity index (χ1v) is 6.91. The van der Waals surface area contributed by atoms with Crippen LogP contribution in [0, 0.1) is 12.8 Å². The maximum atomic E-state index is 12.2. The Morgan fingerprint density at radius 1 is 1.71 bits per heavy atom. The van der Waals surface area contributed by atoms with Crippen molar-refractivity contribution in [1.29, 1.82) is 0 Å². The fraction of sp³-hybridized carbons (Fsp3) is 0.667. The van der Waals surface area contributed by atoms with Crippen LogP contribution in [-0.2, 0) is 11.3 Å². The first-order valence-electron chi connectivity index (χ1n) is 6.03. The molecule has 94 valence electrons. The molecule has 1 aliphatic heterocycles. The molecule has 1 amide bonds. The minimum absolute atomic E-state index is 0.155. The van der Waals surface area contributed by atoms with E-state index in [-0.39, 0.29) is 11.8 Å². The molecule has 0 aromatic carbocycles. The van der Waals surface area contributed by atoms with E-state index in [1.807, 2.05) is 24.4 Å². The first-order chi connectivity index (χ1) is 8.18. The van der Waals surface area contributed by atoms with Crippen molar-refractivity contribution < 1.29 is 4.79 Å². The number of aryl methyl sites for hydroxylation is 1. The Bertz CT molecular complexity index is 385. The van der Waals surface area contributed by atoms with E-state index in [1.54, 1.807) is 11.3 Å². The summed E-state index contributed by atoms with van der Waals surface area (Å²) in [4.78, 5) is 19.4. The Morgan fingerprint density at radius 2 is 2.53 bits per heavy atom. The van der Waals surface area contributed by atoms with Crippen molar-refractivity contribution in [3.05, 3.63) is 16.1 Å². The van der Waals surface area contributed by atoms with Gasteiger partial charge in [0.2, 0.25) is 5.91 Å². The number of nitrogens with one attached hydrogen (secondary N) is 1. The largest absolute Gasteiger partial charge is 0.340 e. The maximum absolute atomic E-state index is 12.2. The number of piperidine rings is 1. The standard InChI is InChI=1S/C12H19N3OS/c1-9-11(17-8-14-9)7-15(2)12(16)10-4-3-5-13-6-10/h8,10,13H,3-7H2,1-2H3/t10-/m0/s1. The molecule has 2 heterocycles. The van der Waals surface area contributed by atoms with Gasteiger partial charge in [0.05, 0.1) is 23.7 Å². The molecule has 1 atom stereocenters. The summed E-state index contributed by atoms with van der Waals surface area (Å²) in [6.07, 6.45) is 2.11. The molecule has 0 saturated carbocycles. The van der Waals surface area contributed by atoms with Gasteiger partial charge in [-0.15, -0.1) is 11.3 Å². The Morgan fingerprint density at radius 3 is 3.12 bits per heavy atom. The molecule has 4 nitrogen and oxygen atoms in total. The molecule has 2 rings (SSSR count). The number of hydrogen-bond donors (Lipinski definition) is 1. The molecule has 0 radical (unpaired) electrons. The van der Waals surface area contributed by atoms with Gasteiger partial charge in [-0.2, -0.15) is 0 Å². The molecule has 1 N–H and O–H groups in total. The summed E-state index contributed by atoms with van der Waals surface area (Å²) in [6.45, 7) is 4.55. The van der Waals surface area contributed by atoms with Gasteiger partial charge in [-0.3, -0.25) is 4.79 Å². The van der Waals surface area contributed by atoms with Crippen LogP contribution in [0.2, 0.25) is 0 Å². The number of carbonyl (C=O) groups excluding carboxylic acids is 1. The summed E-state index contributed by atoms with van der Waals surface area (Å²) < 4.78 is 0. The molecule has 1 aliphatic rings. The van der Waals surface area contributed by atoms with Crippen LogP contribution in [0.25, 0.3) is 0 Å². The molecule has 1 aromatic rings. The zero-order valence-electron chi connectivity index (χ0n) is 10.4. The number of amides is 1. The van der Waals surface area contributed by atoms with Gasteiger partial charge in [0.15, 0.2) is 0 Å². The second-order valence-corrected chi connectivity index (χ2v) is 5.54. The lowest BCUT2D eigenvalue weighted by atomic mass is 9.98. The molecular formula is C12H19N3OS. The quantitative estimate of drug-likeness (QED) is 0.886. The highest BCUT2D eigenvalue weighted by molar-refractivity contribution is 7.09. The summed E-state index contributed by atoms with van der Waals surface area (Å²) in [6, 6.07) is 0. The Hall–Kier alpha value is -0.940. The van der Waals surface area contributed by atoms with Crippen molar-refractivity contribution in [2.24, 2.45) is 5.92 Å². The third kappa shape index (κ3) is 3.04. The third-order valence-electron chi connectivity index (χ3n) is 3.25. The molecule has 17 heavy (non-hydrogen) atoms. The highest BCUT2D eigenvalue weighted by atomic mass is 32.1. The van der Waals surface area contributed by atoms with Gasteiger partial charge in [-0.25, -0.2) is 4.98 Å². The van der Waals surface area contributed by atoms with E-state index < -0.39 is 0 Å². The number of hydrogen-bond acceptors (Lipinski definition) is 4. The number of carbonyl (C=O) groups is 1. The Balaban J connectivity index is 1.93. The van der Waals surface area contributed by atoms with Gasteiger partial charge < -0.3 is 10.2 Å². The zero-order chi connectivity index (χ0) is 12.3. The normalized spacial score (nSPS) is 20.2. The van der Waals surface area contributed by atoms with E-state index in [0.717, 1.165) is 31.6 Å². The predicted octanol–water partition coefficient (Wildman–Crippen LogP) is 1.41. The zero-order valence-corrected chi connectivity index (χ0v) is 11.2. The fourth-order valence-electron chi connectivity index (χ4n) is 2.15. The van der Waals surface area contributed by atoms with Crippen LogP contribution in [0.3, 0.4) is 0 Å². The van der Waals surface area contributed by atoms with E-state index >= 15 is 0 Å². The highest BCUT2D eigenvalue weighted by Gasteiger charge is 2.24. The van der Waals surface area contributed by atoms with Gasteiger partial charge in [0, 0.05) is 18.5 Å². The van der Waals surface area contributed by atoms with Crippen LogP contribution in [0.4, 0.5) is 0 Å². The number of thiazole rings is 1. The molecule has 0 aliphatic carbocycles. The highest BCUT2D eigenvalue weighted by Crippen LogP contribution is 2.18. The lowest BCUT2D eigenvalue weighted by Crippen LogP contribution is -2.41. The van der Waals surface area contributed by atoms with Gasteiger partial charge in [-0.1, -0.05) is 0 Å². The van der Waals surface area contributed by atoms with Crippen molar-refractivity contribution in [3.8, 4) is 0 Å². The van der Waals surface area contributed by atoms with Gasteiger partial charge in [-0.05, 0) is 26.3 Å². The summed E-state index contributed by atoms with van der Waals surface area (Å²) >= 11 is 1.62. The fourth-order valence-corrected chi connectivity index (χ4v) is 2.98. The van der Waals surface area contributed by atoms with Gasteiger partial charge in [0.1, 0.15) is 0 Å². The average Bonchev–Trinajstić information content (AvgIpc) is 2.75. The number of aromatic nitrogens is 1. The molecule has 1 fully saturated rings. The van der Waals surface area contributed by atoms with Crippen LogP contribution < -0.4 is 5.32 Å². The summed E-state index contributed by atoms with van der Waals surface area (Å²) in [5.74, 6) is 0.409. The number of nitrogens with zero attached hydrogens (tertiary/aromatic N) is 2. The van der Waals surface area contributed by atoms with Crippen molar-refractivity contribution in [3.63, 3.8) is 0 Å². The van der Waals surface area contributed by atoms with Crippen LogP contribution >= 0.6 is 11.3 Å². The van der Waals surface area contributed by atoms with Crippen LogP contribution in [0.1, 0.15) is 23.4 Å².